The van der Waals surface area contributed by atoms with E-state index in [-0.39, 0.29) is 11.3 Å². The van der Waals surface area contributed by atoms with E-state index in [0.29, 0.717) is 32.7 Å². The fraction of sp³-hybridized carbons (Fsp3) is 0.643. The number of piperazine rings is 1. The van der Waals surface area contributed by atoms with Crippen LogP contribution in [0.25, 0.3) is 0 Å². The van der Waals surface area contributed by atoms with Gasteiger partial charge in [0.1, 0.15) is 5.76 Å². The highest BCUT2D eigenvalue weighted by molar-refractivity contribution is 7.90. The normalized spacial score (nSPS) is 20.1. The van der Waals surface area contributed by atoms with E-state index in [0.717, 1.165) is 24.2 Å². The van der Waals surface area contributed by atoms with E-state index < -0.39 is 10.0 Å². The van der Waals surface area contributed by atoms with Gasteiger partial charge in [0.05, 0.1) is 18.1 Å². The number of furan rings is 1. The number of rotatable bonds is 4. The molecule has 0 bridgehead atoms. The lowest BCUT2D eigenvalue weighted by Gasteiger charge is -2.34. The van der Waals surface area contributed by atoms with Gasteiger partial charge in [-0.05, 0) is 31.4 Å². The Morgan fingerprint density at radius 1 is 1.32 bits per heavy atom. The Balaban J connectivity index is 1.48. The van der Waals surface area contributed by atoms with Crippen LogP contribution in [0.2, 0.25) is 0 Å². The molecule has 1 aromatic rings. The molecular formula is C14H21N3O4S. The zero-order valence-electron chi connectivity index (χ0n) is 12.6. The minimum atomic E-state index is -3.13. The minimum absolute atomic E-state index is 0.181. The summed E-state index contributed by atoms with van der Waals surface area (Å²) in [5.74, 6) is 0.739. The standard InChI is InChI=1S/C14H21N3O4S/c1-11-4-9-21-13(11)10-15-14(18)16-5-7-17(8-6-16)22(19,20)12-2-3-12/h4,9,12H,2-3,5-8,10H2,1H3,(H,15,18). The van der Waals surface area contributed by atoms with Crippen molar-refractivity contribution in [3.05, 3.63) is 23.7 Å². The summed E-state index contributed by atoms with van der Waals surface area (Å²) in [6.45, 7) is 3.88. The van der Waals surface area contributed by atoms with Crippen molar-refractivity contribution in [2.75, 3.05) is 26.2 Å². The Morgan fingerprint density at radius 3 is 2.55 bits per heavy atom. The van der Waals surface area contributed by atoms with E-state index in [1.54, 1.807) is 11.2 Å². The lowest BCUT2D eigenvalue weighted by molar-refractivity contribution is 0.171. The minimum Gasteiger partial charge on any atom is -0.467 e. The highest BCUT2D eigenvalue weighted by Gasteiger charge is 2.41. The summed E-state index contributed by atoms with van der Waals surface area (Å²) in [6, 6.07) is 1.67. The van der Waals surface area contributed by atoms with Crippen molar-refractivity contribution in [2.24, 2.45) is 0 Å². The maximum atomic E-state index is 12.1. The largest absolute Gasteiger partial charge is 0.467 e. The van der Waals surface area contributed by atoms with E-state index in [9.17, 15) is 13.2 Å². The number of aryl methyl sites for hydroxylation is 1. The van der Waals surface area contributed by atoms with Crippen LogP contribution in [0.5, 0.6) is 0 Å². The Bertz CT molecular complexity index is 643. The topological polar surface area (TPSA) is 82.9 Å². The molecular weight excluding hydrogens is 306 g/mol. The number of carbonyl (C=O) groups excluding carboxylic acids is 1. The zero-order valence-corrected chi connectivity index (χ0v) is 13.4. The number of urea groups is 1. The Kier molecular flexibility index (Phi) is 4.14. The first-order valence-electron chi connectivity index (χ1n) is 7.53. The molecule has 1 aliphatic heterocycles. The van der Waals surface area contributed by atoms with Gasteiger partial charge in [-0.2, -0.15) is 4.31 Å². The number of amides is 2. The van der Waals surface area contributed by atoms with Crippen LogP contribution in [-0.4, -0.2) is 55.1 Å². The van der Waals surface area contributed by atoms with Crippen molar-refractivity contribution in [1.29, 1.82) is 0 Å². The molecule has 1 N–H and O–H groups in total. The number of nitrogens with one attached hydrogen (secondary N) is 1. The van der Waals surface area contributed by atoms with E-state index in [4.69, 9.17) is 4.42 Å². The molecule has 2 aliphatic rings. The monoisotopic (exact) mass is 327 g/mol. The Morgan fingerprint density at radius 2 is 2.00 bits per heavy atom. The van der Waals surface area contributed by atoms with Gasteiger partial charge in [0.25, 0.3) is 0 Å². The van der Waals surface area contributed by atoms with Crippen molar-refractivity contribution in [2.45, 2.75) is 31.6 Å². The first kappa shape index (κ1) is 15.4. The summed E-state index contributed by atoms with van der Waals surface area (Å²) < 4.78 is 31.1. The molecule has 2 fully saturated rings. The average Bonchev–Trinajstić information content (AvgIpc) is 3.29. The number of carbonyl (C=O) groups is 1. The molecule has 3 rings (SSSR count). The second-order valence-electron chi connectivity index (χ2n) is 5.82. The van der Waals surface area contributed by atoms with E-state index in [2.05, 4.69) is 5.32 Å². The van der Waals surface area contributed by atoms with Crippen LogP contribution < -0.4 is 5.32 Å². The molecule has 0 aromatic carbocycles. The number of hydrogen-bond acceptors (Lipinski definition) is 4. The number of sulfonamides is 1. The van der Waals surface area contributed by atoms with Gasteiger partial charge < -0.3 is 14.6 Å². The molecule has 8 heteroatoms. The van der Waals surface area contributed by atoms with Crippen molar-refractivity contribution in [3.8, 4) is 0 Å². The van der Waals surface area contributed by atoms with Crippen molar-refractivity contribution in [3.63, 3.8) is 0 Å². The molecule has 122 valence electrons. The van der Waals surface area contributed by atoms with Gasteiger partial charge in [0, 0.05) is 26.2 Å². The molecule has 22 heavy (non-hydrogen) atoms. The molecule has 1 saturated carbocycles. The second kappa shape index (κ2) is 5.92. The van der Waals surface area contributed by atoms with Gasteiger partial charge in [-0.15, -0.1) is 0 Å². The number of hydrogen-bond donors (Lipinski definition) is 1. The van der Waals surface area contributed by atoms with Gasteiger partial charge in [0.2, 0.25) is 10.0 Å². The summed E-state index contributed by atoms with van der Waals surface area (Å²) in [7, 11) is -3.13. The van der Waals surface area contributed by atoms with Crippen LogP contribution in [-0.2, 0) is 16.6 Å². The molecule has 0 spiro atoms. The van der Waals surface area contributed by atoms with Crippen LogP contribution in [0.4, 0.5) is 4.79 Å². The SMILES string of the molecule is Cc1ccoc1CNC(=O)N1CCN(S(=O)(=O)C2CC2)CC1. The maximum absolute atomic E-state index is 12.1. The third kappa shape index (κ3) is 3.12. The summed E-state index contributed by atoms with van der Waals surface area (Å²) in [6.07, 6.45) is 3.13. The summed E-state index contributed by atoms with van der Waals surface area (Å²) in [4.78, 5) is 13.8. The molecule has 7 nitrogen and oxygen atoms in total. The molecule has 0 radical (unpaired) electrons. The lowest BCUT2D eigenvalue weighted by atomic mass is 10.3. The smallest absolute Gasteiger partial charge is 0.317 e. The first-order valence-corrected chi connectivity index (χ1v) is 9.03. The van der Waals surface area contributed by atoms with Gasteiger partial charge in [-0.1, -0.05) is 0 Å². The predicted octanol–water partition coefficient (Wildman–Crippen LogP) is 0.907. The Labute approximate surface area is 130 Å². The van der Waals surface area contributed by atoms with Crippen LogP contribution in [0.15, 0.2) is 16.7 Å². The molecule has 1 saturated heterocycles. The zero-order chi connectivity index (χ0) is 15.7. The third-order valence-corrected chi connectivity index (χ3v) is 6.60. The highest BCUT2D eigenvalue weighted by atomic mass is 32.2. The fourth-order valence-corrected chi connectivity index (χ4v) is 4.40. The third-order valence-electron chi connectivity index (χ3n) is 4.20. The Hall–Kier alpha value is -1.54. The van der Waals surface area contributed by atoms with Crippen molar-refractivity contribution in [1.82, 2.24) is 14.5 Å². The molecule has 0 atom stereocenters. The van der Waals surface area contributed by atoms with Gasteiger partial charge in [0.15, 0.2) is 0 Å². The van der Waals surface area contributed by atoms with Gasteiger partial charge in [-0.3, -0.25) is 0 Å². The van der Waals surface area contributed by atoms with E-state index in [1.807, 2.05) is 13.0 Å². The summed E-state index contributed by atoms with van der Waals surface area (Å²) in [5.41, 5.74) is 1.00. The number of nitrogens with zero attached hydrogens (tertiary/aromatic N) is 2. The van der Waals surface area contributed by atoms with Crippen molar-refractivity contribution >= 4 is 16.1 Å². The predicted molar refractivity (Wildman–Crippen MR) is 80.8 cm³/mol. The second-order valence-corrected chi connectivity index (χ2v) is 8.03. The average molecular weight is 327 g/mol. The van der Waals surface area contributed by atoms with E-state index in [1.165, 1.54) is 4.31 Å². The van der Waals surface area contributed by atoms with Gasteiger partial charge in [-0.25, -0.2) is 13.2 Å². The van der Waals surface area contributed by atoms with Crippen LogP contribution in [0.1, 0.15) is 24.2 Å². The fourth-order valence-electron chi connectivity index (χ4n) is 2.58. The van der Waals surface area contributed by atoms with Crippen LogP contribution >= 0.6 is 0 Å². The molecule has 1 aliphatic carbocycles. The van der Waals surface area contributed by atoms with Crippen LogP contribution in [0, 0.1) is 6.92 Å². The van der Waals surface area contributed by atoms with Gasteiger partial charge >= 0.3 is 6.03 Å². The molecule has 2 amide bonds. The molecule has 2 heterocycles. The van der Waals surface area contributed by atoms with Crippen LogP contribution in [0.3, 0.4) is 0 Å². The summed E-state index contributed by atoms with van der Waals surface area (Å²) in [5, 5.41) is 2.62. The quantitative estimate of drug-likeness (QED) is 0.891. The van der Waals surface area contributed by atoms with Crippen molar-refractivity contribution < 1.29 is 17.6 Å². The summed E-state index contributed by atoms with van der Waals surface area (Å²) >= 11 is 0. The molecule has 0 unspecified atom stereocenters. The maximum Gasteiger partial charge on any atom is 0.317 e. The lowest BCUT2D eigenvalue weighted by Crippen LogP contribution is -2.53. The highest BCUT2D eigenvalue weighted by Crippen LogP contribution is 2.31. The molecule has 1 aromatic heterocycles. The first-order chi connectivity index (χ1) is 10.5. The van der Waals surface area contributed by atoms with E-state index >= 15 is 0 Å².